The first-order valence-electron chi connectivity index (χ1n) is 3.58. The molecule has 6 heteroatoms. The van der Waals surface area contributed by atoms with E-state index in [2.05, 4.69) is 6.92 Å². The molecule has 90 valence electrons. The lowest BCUT2D eigenvalue weighted by molar-refractivity contribution is -0.132. The third kappa shape index (κ3) is 17.5. The third-order valence-electron chi connectivity index (χ3n) is 1.35. The van der Waals surface area contributed by atoms with Crippen molar-refractivity contribution in [2.24, 2.45) is 0 Å². The summed E-state index contributed by atoms with van der Waals surface area (Å²) >= 11 is 0. The summed E-state index contributed by atoms with van der Waals surface area (Å²) in [5, 5.41) is 8.41. The van der Waals surface area contributed by atoms with Gasteiger partial charge >= 0.3 is 5.97 Å². The Morgan fingerprint density at radius 2 is 1.71 bits per heavy atom. The van der Waals surface area contributed by atoms with Crippen LogP contribution in [-0.4, -0.2) is 27.5 Å². The third-order valence-corrected chi connectivity index (χ3v) is 1.35. The first-order valence-corrected chi connectivity index (χ1v) is 3.58. The summed E-state index contributed by atoms with van der Waals surface area (Å²) < 4.78 is 0. The lowest BCUT2D eigenvalue weighted by atomic mass is 10.2. The van der Waals surface area contributed by atoms with Gasteiger partial charge in [0.15, 0.2) is 0 Å². The summed E-state index contributed by atoms with van der Waals surface area (Å²) in [5.74, 6) is -0.809. The molecule has 0 heterocycles. The van der Waals surface area contributed by atoms with Gasteiger partial charge in [-0.25, -0.2) is 4.79 Å². The predicted octanol–water partition coefficient (Wildman–Crippen LogP) is 0.155. The van der Waals surface area contributed by atoms with Crippen LogP contribution in [0.2, 0.25) is 0 Å². The van der Waals surface area contributed by atoms with Crippen LogP contribution in [0, 0.1) is 0 Å². The number of halogens is 1. The highest BCUT2D eigenvalue weighted by molar-refractivity contribution is 5.85. The molecule has 0 rings (SSSR count). The van der Waals surface area contributed by atoms with E-state index in [-0.39, 0.29) is 28.8 Å². The van der Waals surface area contributed by atoms with Gasteiger partial charge in [-0.3, -0.25) is 0 Å². The number of carboxylic acid groups (broad SMARTS) is 1. The molecule has 0 bridgehead atoms. The van der Waals surface area contributed by atoms with Gasteiger partial charge in [0.25, 0.3) is 0 Å². The molecule has 0 amide bonds. The molecular weight excluding hydrogens is 212 g/mol. The summed E-state index contributed by atoms with van der Waals surface area (Å²) in [6, 6.07) is 0. The number of hydrogen-bond donors (Lipinski definition) is 1. The van der Waals surface area contributed by atoms with Crippen molar-refractivity contribution < 1.29 is 26.3 Å². The van der Waals surface area contributed by atoms with Crippen molar-refractivity contribution in [3.05, 3.63) is 11.6 Å². The molecule has 0 aromatic carbocycles. The minimum atomic E-state index is -0.809. The van der Waals surface area contributed by atoms with Crippen molar-refractivity contribution in [3.8, 4) is 0 Å². The number of carboxylic acids is 1. The molecule has 0 spiro atoms. The quantitative estimate of drug-likeness (QED) is 0.546. The zero-order valence-electron chi connectivity index (χ0n) is 8.46. The van der Waals surface area contributed by atoms with Crippen molar-refractivity contribution in [2.45, 2.75) is 33.1 Å². The van der Waals surface area contributed by atoms with Crippen LogP contribution in [-0.2, 0) is 4.79 Å². The molecular formula is C8H21ClO5. The molecule has 0 aromatic rings. The van der Waals surface area contributed by atoms with E-state index in [9.17, 15) is 4.79 Å². The Morgan fingerprint density at radius 1 is 1.29 bits per heavy atom. The smallest absolute Gasteiger partial charge is 0.330 e. The Labute approximate surface area is 90.2 Å². The van der Waals surface area contributed by atoms with Crippen LogP contribution in [0.25, 0.3) is 0 Å². The van der Waals surface area contributed by atoms with Crippen LogP contribution < -0.4 is 0 Å². The van der Waals surface area contributed by atoms with E-state index in [0.29, 0.717) is 5.57 Å². The zero-order valence-corrected chi connectivity index (χ0v) is 9.28. The molecule has 0 aromatic heterocycles. The molecule has 0 aliphatic heterocycles. The lowest BCUT2D eigenvalue weighted by Crippen LogP contribution is -1.95. The van der Waals surface area contributed by atoms with Gasteiger partial charge in [-0.1, -0.05) is 25.8 Å². The van der Waals surface area contributed by atoms with E-state index in [1.807, 2.05) is 0 Å². The summed E-state index contributed by atoms with van der Waals surface area (Å²) in [6.07, 6.45) is 4.84. The molecule has 0 unspecified atom stereocenters. The maximum Gasteiger partial charge on any atom is 0.330 e. The molecule has 14 heavy (non-hydrogen) atoms. The van der Waals surface area contributed by atoms with Crippen molar-refractivity contribution in [1.29, 1.82) is 0 Å². The number of rotatable bonds is 4. The minimum absolute atomic E-state index is 0. The maximum atomic E-state index is 10.2. The molecule has 0 fully saturated rings. The van der Waals surface area contributed by atoms with E-state index in [4.69, 9.17) is 5.11 Å². The largest absolute Gasteiger partial charge is 0.478 e. The SMILES string of the molecule is CCCC/C=C(/C)C(=O)O.Cl.O.O.O. The zero-order chi connectivity index (χ0) is 7.98. The molecule has 0 saturated carbocycles. The van der Waals surface area contributed by atoms with E-state index in [1.165, 1.54) is 0 Å². The van der Waals surface area contributed by atoms with E-state index >= 15 is 0 Å². The van der Waals surface area contributed by atoms with Crippen LogP contribution in [0.15, 0.2) is 11.6 Å². The van der Waals surface area contributed by atoms with Gasteiger partial charge in [0.05, 0.1) is 0 Å². The lowest BCUT2D eigenvalue weighted by Gasteiger charge is -1.91. The van der Waals surface area contributed by atoms with Gasteiger partial charge in [-0.15, -0.1) is 12.4 Å². The van der Waals surface area contributed by atoms with Crippen LogP contribution >= 0.6 is 12.4 Å². The highest BCUT2D eigenvalue weighted by Gasteiger charge is 1.96. The van der Waals surface area contributed by atoms with Crippen LogP contribution in [0.5, 0.6) is 0 Å². The Hall–Kier alpha value is -0.620. The Bertz CT molecular complexity index is 147. The van der Waals surface area contributed by atoms with Gasteiger partial charge < -0.3 is 21.5 Å². The Morgan fingerprint density at radius 3 is 2.00 bits per heavy atom. The molecule has 0 aliphatic carbocycles. The predicted molar refractivity (Wildman–Crippen MR) is 59.0 cm³/mol. The fraction of sp³-hybridized carbons (Fsp3) is 0.625. The second-order valence-electron chi connectivity index (χ2n) is 2.33. The monoisotopic (exact) mass is 232 g/mol. The van der Waals surface area contributed by atoms with Gasteiger partial charge in [0, 0.05) is 5.57 Å². The van der Waals surface area contributed by atoms with Crippen molar-refractivity contribution in [2.75, 3.05) is 0 Å². The number of aliphatic carboxylic acids is 1. The van der Waals surface area contributed by atoms with E-state index in [0.717, 1.165) is 19.3 Å². The summed E-state index contributed by atoms with van der Waals surface area (Å²) in [5.41, 5.74) is 0.452. The fourth-order valence-electron chi connectivity index (χ4n) is 0.610. The molecule has 0 aliphatic rings. The first-order chi connectivity index (χ1) is 4.68. The average Bonchev–Trinajstić information content (AvgIpc) is 1.88. The molecule has 7 N–H and O–H groups in total. The van der Waals surface area contributed by atoms with Gasteiger partial charge in [0.2, 0.25) is 0 Å². The average molecular weight is 233 g/mol. The standard InChI is InChI=1S/C8H14O2.ClH.3H2O/c1-3-4-5-6-7(2)8(9)10;;;;/h6H,3-5H2,1-2H3,(H,9,10);1H;3*1H2/b7-6-;;;;. The molecule has 5 nitrogen and oxygen atoms in total. The molecule has 0 atom stereocenters. The van der Waals surface area contributed by atoms with Crippen molar-refractivity contribution in [1.82, 2.24) is 0 Å². The topological polar surface area (TPSA) is 132 Å². The summed E-state index contributed by atoms with van der Waals surface area (Å²) in [4.78, 5) is 10.2. The summed E-state index contributed by atoms with van der Waals surface area (Å²) in [6.45, 7) is 3.71. The van der Waals surface area contributed by atoms with Gasteiger partial charge in [0.1, 0.15) is 0 Å². The number of carbonyl (C=O) groups is 1. The van der Waals surface area contributed by atoms with E-state index in [1.54, 1.807) is 13.0 Å². The second kappa shape index (κ2) is 18.2. The minimum Gasteiger partial charge on any atom is -0.478 e. The second-order valence-corrected chi connectivity index (χ2v) is 2.33. The Balaban J connectivity index is -0.0000000675. The number of unbranched alkanes of at least 4 members (excludes halogenated alkanes) is 2. The molecule has 0 radical (unpaired) electrons. The van der Waals surface area contributed by atoms with Gasteiger partial charge in [-0.2, -0.15) is 0 Å². The highest BCUT2D eigenvalue weighted by Crippen LogP contribution is 2.00. The summed E-state index contributed by atoms with van der Waals surface area (Å²) in [7, 11) is 0. The van der Waals surface area contributed by atoms with Gasteiger partial charge in [-0.05, 0) is 13.3 Å². The van der Waals surface area contributed by atoms with Crippen molar-refractivity contribution >= 4 is 18.4 Å². The number of hydrogen-bond acceptors (Lipinski definition) is 1. The van der Waals surface area contributed by atoms with E-state index < -0.39 is 5.97 Å². The highest BCUT2D eigenvalue weighted by atomic mass is 35.5. The van der Waals surface area contributed by atoms with Crippen molar-refractivity contribution in [3.63, 3.8) is 0 Å². The van der Waals surface area contributed by atoms with Crippen LogP contribution in [0.4, 0.5) is 0 Å². The Kier molecular flexibility index (Phi) is 38.0. The normalized spacial score (nSPS) is 8.29. The fourth-order valence-corrected chi connectivity index (χ4v) is 0.610. The number of allylic oxidation sites excluding steroid dienone is 1. The first kappa shape index (κ1) is 29.2. The van der Waals surface area contributed by atoms with Crippen LogP contribution in [0.1, 0.15) is 33.1 Å². The van der Waals surface area contributed by atoms with Crippen LogP contribution in [0.3, 0.4) is 0 Å². The molecule has 0 saturated heterocycles. The maximum absolute atomic E-state index is 10.2.